The number of nitrogens with zero attached hydrogens (tertiary/aromatic N) is 3. The first kappa shape index (κ1) is 68.3. The van der Waals surface area contributed by atoms with Crippen molar-refractivity contribution in [2.24, 2.45) is 21.1 Å². The van der Waals surface area contributed by atoms with Gasteiger partial charge in [0, 0.05) is 23.8 Å². The Morgan fingerprint density at radius 1 is 0.289 bits per heavy atom. The number of rotatable bonds is 10. The first-order valence-corrected chi connectivity index (χ1v) is 48.4. The van der Waals surface area contributed by atoms with E-state index in [4.69, 9.17) is 0 Å². The Kier molecular flexibility index (Phi) is 20.7. The van der Waals surface area contributed by atoms with Crippen molar-refractivity contribution < 1.29 is 13.7 Å². The number of hydrogen-bond donors (Lipinski definition) is 0. The molecule has 0 radical (unpaired) electrons. The van der Waals surface area contributed by atoms with E-state index in [0.29, 0.717) is 0 Å². The standard InChI is InChI=1S/C34H46NSi.C29H38NSi.C28H36NSi/c1-25-32(27-14-8-5-9-15-27)23-29(26-12-6-4-7-13-26)24-33(25)34-31-17-16-30(36(3)20-10-11-21-36)22-28(31)18-19-35(34)2;1-21-18-25(23-10-6-5-7-11-23)20-28(22(21)2)29-27-13-12-26(31(4)16-8-9-17-31)19-24(27)14-15-30(29)3;1-21-11-12-23(22-9-5-4-6-10-22)20-27(21)28-26-14-13-25(30(3)17-7-8-18-30)19-24(26)15-16-29(28)2/h16-19,22-24,26-27H,4-15,20-21H2,1-3H3;12-15,18-20,23H,5-11,16-17H2,1-4H3;11-16,19-20,22H,4-10,17-18H2,1-3H3/q3*+1. The minimum absolute atomic E-state index is 0.743. The average Bonchev–Trinajstić information content (AvgIpc) is 1.25. The lowest BCUT2D eigenvalue weighted by atomic mass is 9.76. The summed E-state index contributed by atoms with van der Waals surface area (Å²) in [7, 11) is 2.94. The van der Waals surface area contributed by atoms with Gasteiger partial charge in [0.25, 0.3) is 0 Å². The quantitative estimate of drug-likeness (QED) is 0.0955. The lowest BCUT2D eigenvalue weighted by Gasteiger charge is -2.28. The third-order valence-electron chi connectivity index (χ3n) is 27.1. The van der Waals surface area contributed by atoms with Crippen molar-refractivity contribution in [1.29, 1.82) is 0 Å². The molecule has 7 aliphatic rings. The molecule has 6 aromatic carbocycles. The Morgan fingerprint density at radius 2 is 0.619 bits per heavy atom. The van der Waals surface area contributed by atoms with Gasteiger partial charge < -0.3 is 0 Å². The zero-order chi connectivity index (χ0) is 67.0. The maximum atomic E-state index is 2.67. The van der Waals surface area contributed by atoms with E-state index in [9.17, 15) is 0 Å². The normalized spacial score (nSPS) is 20.1. The van der Waals surface area contributed by atoms with Crippen LogP contribution in [0.25, 0.3) is 66.1 Å². The van der Waals surface area contributed by atoms with Gasteiger partial charge in [0.05, 0.1) is 51.5 Å². The van der Waals surface area contributed by atoms with Gasteiger partial charge in [0.1, 0.15) is 21.1 Å². The maximum Gasteiger partial charge on any atom is 0.220 e. The van der Waals surface area contributed by atoms with Gasteiger partial charge >= 0.3 is 0 Å². The average molecular weight is 1340 g/mol. The minimum atomic E-state index is -1.27. The molecular weight excluding hydrogens is 1220 g/mol. The second kappa shape index (κ2) is 29.4. The largest absolute Gasteiger partial charge is 0.220 e. The highest BCUT2D eigenvalue weighted by molar-refractivity contribution is 6.92. The van der Waals surface area contributed by atoms with Crippen LogP contribution >= 0.6 is 0 Å². The Bertz CT molecular complexity index is 4300. The van der Waals surface area contributed by atoms with Gasteiger partial charge in [0.2, 0.25) is 17.1 Å². The lowest BCUT2D eigenvalue weighted by molar-refractivity contribution is -0.659. The SMILES string of the molecule is Cc1c(-c2c3ccc([Si]4(C)CCCC4)cc3cc[n+]2C)cc(C2CCCCC2)cc1C1CCCCC1.Cc1cc(C2CCCCC2)cc(-c2c3ccc([Si]4(C)CCCC4)cc3cc[n+]2C)c1C.Cc1ccc(C2CCCCC2)cc1-c1c2ccc([Si]3(C)CCCC3)cc2cc[n+]1C. The first-order chi connectivity index (χ1) is 47.0. The van der Waals surface area contributed by atoms with Gasteiger partial charge in [-0.2, -0.15) is 0 Å². The van der Waals surface area contributed by atoms with Crippen molar-refractivity contribution in [3.63, 3.8) is 0 Å². The summed E-state index contributed by atoms with van der Waals surface area (Å²) in [5.41, 5.74) is 20.8. The van der Waals surface area contributed by atoms with Crippen LogP contribution in [0, 0.1) is 27.7 Å². The fraction of sp³-hybridized carbons (Fsp3) is 0.505. The molecule has 4 aliphatic carbocycles. The maximum absolute atomic E-state index is 2.67. The zero-order valence-corrected chi connectivity index (χ0v) is 65.0. The topological polar surface area (TPSA) is 11.6 Å². The molecule has 16 rings (SSSR count). The Labute approximate surface area is 589 Å². The summed E-state index contributed by atoms with van der Waals surface area (Å²) in [6.07, 6.45) is 43.3. The van der Waals surface area contributed by atoms with E-state index < -0.39 is 24.2 Å². The van der Waals surface area contributed by atoms with Crippen LogP contribution < -0.4 is 29.3 Å². The Balaban J connectivity index is 0.000000125. The van der Waals surface area contributed by atoms with E-state index in [1.165, 1.54) is 286 Å². The molecule has 3 aliphatic heterocycles. The Morgan fingerprint density at radius 3 is 1.01 bits per heavy atom. The number of fused-ring (bicyclic) bond motifs is 3. The third kappa shape index (κ3) is 14.2. The molecule has 6 heteroatoms. The second-order valence-corrected chi connectivity index (χ2v) is 47.8. The highest BCUT2D eigenvalue weighted by Gasteiger charge is 2.37. The molecule has 0 atom stereocenters. The summed E-state index contributed by atoms with van der Waals surface area (Å²) in [5, 5.41) is 13.6. The smallest absolute Gasteiger partial charge is 0.200 e. The molecule has 97 heavy (non-hydrogen) atoms. The minimum Gasteiger partial charge on any atom is -0.200 e. The fourth-order valence-corrected chi connectivity index (χ4v) is 32.1. The van der Waals surface area contributed by atoms with E-state index >= 15 is 0 Å². The van der Waals surface area contributed by atoms with Gasteiger partial charge in [-0.25, -0.2) is 13.7 Å². The van der Waals surface area contributed by atoms with E-state index in [1.807, 2.05) is 0 Å². The van der Waals surface area contributed by atoms with Crippen LogP contribution in [0.5, 0.6) is 0 Å². The van der Waals surface area contributed by atoms with Crippen molar-refractivity contribution in [2.45, 2.75) is 274 Å². The van der Waals surface area contributed by atoms with Crippen LogP contribution in [0.3, 0.4) is 0 Å². The molecule has 3 aromatic heterocycles. The molecule has 0 spiro atoms. The van der Waals surface area contributed by atoms with Crippen molar-refractivity contribution >= 4 is 72.1 Å². The molecular formula is C91H120N3Si3+3. The molecule has 4 saturated carbocycles. The summed E-state index contributed by atoms with van der Waals surface area (Å²) >= 11 is 0. The van der Waals surface area contributed by atoms with E-state index in [0.717, 1.165) is 23.7 Å². The summed E-state index contributed by atoms with van der Waals surface area (Å²) in [5.74, 6) is 2.99. The number of hydrogen-bond acceptors (Lipinski definition) is 0. The molecule has 0 amide bonds. The van der Waals surface area contributed by atoms with Crippen LogP contribution in [-0.4, -0.2) is 24.2 Å². The van der Waals surface area contributed by atoms with Crippen molar-refractivity contribution in [2.75, 3.05) is 0 Å². The molecule has 3 nitrogen and oxygen atoms in total. The van der Waals surface area contributed by atoms with Crippen molar-refractivity contribution in [3.8, 4) is 33.8 Å². The summed E-state index contributed by atoms with van der Waals surface area (Å²) in [4.78, 5) is 0. The molecule has 0 bridgehead atoms. The van der Waals surface area contributed by atoms with Gasteiger partial charge in [-0.05, 0) is 200 Å². The summed E-state index contributed by atoms with van der Waals surface area (Å²) in [6, 6.07) is 55.9. The fourth-order valence-electron chi connectivity index (χ4n) is 20.5. The van der Waals surface area contributed by atoms with Gasteiger partial charge in [-0.15, -0.1) is 0 Å². The number of aryl methyl sites for hydroxylation is 5. The highest BCUT2D eigenvalue weighted by Crippen LogP contribution is 2.45. The van der Waals surface area contributed by atoms with Crippen LogP contribution in [-0.2, 0) is 21.1 Å². The van der Waals surface area contributed by atoms with E-state index in [-0.39, 0.29) is 0 Å². The van der Waals surface area contributed by atoms with Crippen molar-refractivity contribution in [1.82, 2.24) is 0 Å². The van der Waals surface area contributed by atoms with E-state index in [1.54, 1.807) is 43.4 Å². The summed E-state index contributed by atoms with van der Waals surface area (Å²) in [6.45, 7) is 17.2. The lowest BCUT2D eigenvalue weighted by Crippen LogP contribution is -2.41. The predicted molar refractivity (Wildman–Crippen MR) is 424 cm³/mol. The molecule has 3 saturated heterocycles. The molecule has 9 aromatic rings. The van der Waals surface area contributed by atoms with Gasteiger partial charge in [-0.3, -0.25) is 0 Å². The van der Waals surface area contributed by atoms with Gasteiger partial charge in [0.15, 0.2) is 18.6 Å². The van der Waals surface area contributed by atoms with Crippen molar-refractivity contribution in [3.05, 3.63) is 178 Å². The predicted octanol–water partition coefficient (Wildman–Crippen LogP) is 22.7. The number of pyridine rings is 3. The first-order valence-electron chi connectivity index (χ1n) is 39.7. The van der Waals surface area contributed by atoms with Crippen LogP contribution in [0.15, 0.2) is 134 Å². The molecule has 6 heterocycles. The highest BCUT2D eigenvalue weighted by atomic mass is 28.3. The zero-order valence-electron chi connectivity index (χ0n) is 62.0. The summed E-state index contributed by atoms with van der Waals surface area (Å²) < 4.78 is 7.10. The number of benzene rings is 6. The van der Waals surface area contributed by atoms with E-state index in [2.05, 4.69) is 216 Å². The molecule has 7 fully saturated rings. The second-order valence-electron chi connectivity index (χ2n) is 33.7. The Hall–Kier alpha value is -5.80. The van der Waals surface area contributed by atoms with Gasteiger partial charge in [-0.1, -0.05) is 248 Å². The molecule has 508 valence electrons. The number of aromatic nitrogens is 3. The van der Waals surface area contributed by atoms with Crippen LogP contribution in [0.1, 0.15) is 235 Å². The van der Waals surface area contributed by atoms with Crippen LogP contribution in [0.4, 0.5) is 0 Å². The van der Waals surface area contributed by atoms with Crippen LogP contribution in [0.2, 0.25) is 55.9 Å². The monoisotopic (exact) mass is 1340 g/mol. The molecule has 0 unspecified atom stereocenters. The third-order valence-corrected chi connectivity index (χ3v) is 40.9. The molecule has 0 N–H and O–H groups in total.